The summed E-state index contributed by atoms with van der Waals surface area (Å²) < 4.78 is 89.9. The molecule has 1 saturated heterocycles. The maximum Gasteiger partial charge on any atom is 0.452 e. The van der Waals surface area contributed by atoms with Crippen molar-refractivity contribution in [3.63, 3.8) is 0 Å². The summed E-state index contributed by atoms with van der Waals surface area (Å²) in [6, 6.07) is 8.37. The first-order valence-corrected chi connectivity index (χ1v) is 19.2. The molecule has 0 radical (unpaired) electrons. The second-order valence-electron chi connectivity index (χ2n) is 15.0. The second kappa shape index (κ2) is 13.8. The van der Waals surface area contributed by atoms with Crippen LogP contribution in [0.15, 0.2) is 41.4 Å². The molecular formula is C37H43F3N6O7S. The number of carbonyl (C=O) groups is 1. The van der Waals surface area contributed by atoms with Gasteiger partial charge in [0.05, 0.1) is 25.2 Å². The molecule has 17 heteroatoms. The van der Waals surface area contributed by atoms with Crippen LogP contribution in [0.2, 0.25) is 0 Å². The number of benzene rings is 1. The molecule has 2 fully saturated rings. The van der Waals surface area contributed by atoms with Crippen LogP contribution >= 0.6 is 0 Å². The molecule has 13 nitrogen and oxygen atoms in total. The van der Waals surface area contributed by atoms with Gasteiger partial charge < -0.3 is 19.3 Å². The van der Waals surface area contributed by atoms with E-state index in [9.17, 15) is 31.5 Å². The van der Waals surface area contributed by atoms with E-state index >= 15 is 0 Å². The molecule has 1 aliphatic carbocycles. The fraction of sp³-hybridized carbons (Fsp3) is 0.514. The van der Waals surface area contributed by atoms with E-state index in [0.717, 1.165) is 23.1 Å². The Morgan fingerprint density at radius 3 is 2.44 bits per heavy atom. The highest BCUT2D eigenvalue weighted by molar-refractivity contribution is 7.89. The number of aliphatic carboxylic acids is 1. The fourth-order valence-electron chi connectivity index (χ4n) is 7.32. The number of carboxylic acids is 1. The number of halogens is 3. The molecule has 3 aromatic heterocycles. The number of pyridine rings is 2. The van der Waals surface area contributed by atoms with Gasteiger partial charge >= 0.3 is 12.1 Å². The number of morpholine rings is 1. The van der Waals surface area contributed by atoms with E-state index in [1.54, 1.807) is 52.0 Å². The number of hydrogen-bond donors (Lipinski definition) is 1. The van der Waals surface area contributed by atoms with Gasteiger partial charge in [-0.3, -0.25) is 14.1 Å². The largest absolute Gasteiger partial charge is 0.481 e. The Morgan fingerprint density at radius 2 is 1.78 bits per heavy atom. The number of aromatic nitrogens is 4. The van der Waals surface area contributed by atoms with Gasteiger partial charge in [0.1, 0.15) is 17.1 Å². The van der Waals surface area contributed by atoms with E-state index in [4.69, 9.17) is 14.2 Å². The highest BCUT2D eigenvalue weighted by Crippen LogP contribution is 2.48. The lowest BCUT2D eigenvalue weighted by Gasteiger charge is -2.33. The normalized spacial score (nSPS) is 19.3. The van der Waals surface area contributed by atoms with Gasteiger partial charge in [0.25, 0.3) is 0 Å². The van der Waals surface area contributed by atoms with Crippen molar-refractivity contribution in [2.45, 2.75) is 76.6 Å². The maximum absolute atomic E-state index is 14.4. The Kier molecular flexibility index (Phi) is 9.68. The molecule has 0 amide bonds. The Labute approximate surface area is 311 Å². The molecule has 1 atom stereocenters. The van der Waals surface area contributed by atoms with Gasteiger partial charge in [0, 0.05) is 43.9 Å². The third-order valence-corrected chi connectivity index (χ3v) is 12.6. The van der Waals surface area contributed by atoms with Gasteiger partial charge in [0.15, 0.2) is 5.65 Å². The monoisotopic (exact) mass is 772 g/mol. The minimum absolute atomic E-state index is 0.00347. The summed E-state index contributed by atoms with van der Waals surface area (Å²) >= 11 is 0. The molecule has 4 aromatic rings. The van der Waals surface area contributed by atoms with Crippen molar-refractivity contribution < 1.29 is 45.7 Å². The first kappa shape index (κ1) is 38.0. The number of ether oxygens (including phenoxy) is 3. The third kappa shape index (κ3) is 7.02. The number of sulfonamides is 1. The van der Waals surface area contributed by atoms with Crippen LogP contribution < -0.4 is 9.47 Å². The summed E-state index contributed by atoms with van der Waals surface area (Å²) in [5, 5.41) is 17.6. The summed E-state index contributed by atoms with van der Waals surface area (Å²) in [5.74, 6) is -2.86. The zero-order chi connectivity index (χ0) is 38.8. The van der Waals surface area contributed by atoms with E-state index in [0.29, 0.717) is 72.9 Å². The number of rotatable bonds is 10. The average molecular weight is 773 g/mol. The van der Waals surface area contributed by atoms with Gasteiger partial charge in [-0.15, -0.1) is 10.2 Å². The van der Waals surface area contributed by atoms with E-state index < -0.39 is 44.9 Å². The van der Waals surface area contributed by atoms with E-state index in [2.05, 4.69) is 20.1 Å². The molecule has 3 aliphatic rings. The number of carboxylic acid groups (broad SMARTS) is 1. The van der Waals surface area contributed by atoms with Gasteiger partial charge in [-0.2, -0.15) is 22.5 Å². The zero-order valence-corrected chi connectivity index (χ0v) is 31.6. The van der Waals surface area contributed by atoms with E-state index in [-0.39, 0.29) is 29.5 Å². The summed E-state index contributed by atoms with van der Waals surface area (Å²) in [7, 11) is -4.15. The second-order valence-corrected chi connectivity index (χ2v) is 16.9. The van der Waals surface area contributed by atoms with Crippen molar-refractivity contribution in [3.8, 4) is 11.8 Å². The highest BCUT2D eigenvalue weighted by atomic mass is 32.2. The quantitative estimate of drug-likeness (QED) is 0.229. The van der Waals surface area contributed by atoms with Crippen molar-refractivity contribution in [2.24, 2.45) is 5.41 Å². The van der Waals surface area contributed by atoms with Crippen molar-refractivity contribution in [1.82, 2.24) is 28.8 Å². The first-order valence-electron chi connectivity index (χ1n) is 17.8. The molecule has 290 valence electrons. The first-order chi connectivity index (χ1) is 25.4. The lowest BCUT2D eigenvalue weighted by molar-refractivity contribution is -0.147. The molecular weight excluding hydrogens is 730 g/mol. The fourth-order valence-corrected chi connectivity index (χ4v) is 8.95. The topological polar surface area (TPSA) is 149 Å². The number of alkyl halides is 3. The molecule has 0 bridgehead atoms. The third-order valence-electron chi connectivity index (χ3n) is 10.8. The van der Waals surface area contributed by atoms with E-state index in [1.165, 1.54) is 16.6 Å². The van der Waals surface area contributed by atoms with Crippen molar-refractivity contribution in [2.75, 3.05) is 46.0 Å². The van der Waals surface area contributed by atoms with Crippen LogP contribution in [-0.2, 0) is 32.3 Å². The standard InChI is InChI=1S/C37H43F3N6O7S/c1-22-6-7-25(29(35(4,5)34(47)48)27-8-11-46-30(24(27)3)42-43-33(46)37(38,39)40)19-26(22)20-45-21-36(9-10-36)53-32-28(54(45,49)50)18-23(2)31(41-32)52-17-14-44-12-15-51-16-13-44/h6-8,11,18-19,29H,9-10,12-17,20-21H2,1-5H3,(H,47,48)/t29-/m0/s1. The summed E-state index contributed by atoms with van der Waals surface area (Å²) in [6.45, 7) is 12.3. The predicted molar refractivity (Wildman–Crippen MR) is 189 cm³/mol. The van der Waals surface area contributed by atoms with Crippen LogP contribution in [0.1, 0.15) is 71.8 Å². The van der Waals surface area contributed by atoms with Crippen LogP contribution in [0, 0.1) is 26.2 Å². The number of aryl methyl sites for hydroxylation is 3. The lowest BCUT2D eigenvalue weighted by atomic mass is 9.70. The lowest BCUT2D eigenvalue weighted by Crippen LogP contribution is -2.38. The Morgan fingerprint density at radius 1 is 1.06 bits per heavy atom. The molecule has 1 N–H and O–H groups in total. The Bertz CT molecular complexity index is 2220. The zero-order valence-electron chi connectivity index (χ0n) is 30.7. The van der Waals surface area contributed by atoms with Crippen molar-refractivity contribution in [3.05, 3.63) is 75.7 Å². The average Bonchev–Trinajstić information content (AvgIpc) is 3.72. The van der Waals surface area contributed by atoms with Crippen LogP contribution in [0.25, 0.3) is 5.65 Å². The summed E-state index contributed by atoms with van der Waals surface area (Å²) in [6.07, 6.45) is -2.27. The predicted octanol–water partition coefficient (Wildman–Crippen LogP) is 5.14. The van der Waals surface area contributed by atoms with Gasteiger partial charge in [-0.25, -0.2) is 8.42 Å². The minimum atomic E-state index is -4.74. The van der Waals surface area contributed by atoms with E-state index in [1.807, 2.05) is 6.92 Å². The van der Waals surface area contributed by atoms with Crippen molar-refractivity contribution in [1.29, 1.82) is 0 Å². The summed E-state index contributed by atoms with van der Waals surface area (Å²) in [4.78, 5) is 19.5. The Balaban J connectivity index is 1.22. The number of nitrogens with zero attached hydrogens (tertiary/aromatic N) is 6. The smallest absolute Gasteiger partial charge is 0.452 e. The molecule has 7 rings (SSSR count). The van der Waals surface area contributed by atoms with Gasteiger partial charge in [0.2, 0.25) is 27.6 Å². The molecule has 0 unspecified atom stereocenters. The summed E-state index contributed by atoms with van der Waals surface area (Å²) in [5.41, 5.74) is 1.05. The molecule has 1 spiro atoms. The van der Waals surface area contributed by atoms with Crippen LogP contribution in [0.4, 0.5) is 13.2 Å². The Hall–Kier alpha value is -4.32. The number of fused-ring (bicyclic) bond motifs is 2. The van der Waals surface area contributed by atoms with Gasteiger partial charge in [-0.1, -0.05) is 18.2 Å². The van der Waals surface area contributed by atoms with Crippen molar-refractivity contribution >= 4 is 21.6 Å². The maximum atomic E-state index is 14.4. The molecule has 2 aliphatic heterocycles. The van der Waals surface area contributed by atoms with Gasteiger partial charge in [-0.05, 0) is 87.4 Å². The number of hydrogen-bond acceptors (Lipinski definition) is 10. The molecule has 1 aromatic carbocycles. The van der Waals surface area contributed by atoms with Crippen LogP contribution in [0.3, 0.4) is 0 Å². The van der Waals surface area contributed by atoms with Crippen LogP contribution in [-0.4, -0.2) is 99.9 Å². The van der Waals surface area contributed by atoms with Crippen LogP contribution in [0.5, 0.6) is 11.8 Å². The molecule has 5 heterocycles. The molecule has 1 saturated carbocycles. The SMILES string of the molecule is Cc1ccc([C@@H](c2ccn3c(C(F)(F)F)nnc3c2C)C(C)(C)C(=O)O)cc1CN1CC2(CC2)Oc2nc(OCCN3CCOCC3)c(C)cc2S1(=O)=O. The highest BCUT2D eigenvalue weighted by Gasteiger charge is 2.53. The molecule has 54 heavy (non-hydrogen) atoms. The minimum Gasteiger partial charge on any atom is -0.481 e.